The number of guanidine groups is 1. The summed E-state index contributed by atoms with van der Waals surface area (Å²) in [6.07, 6.45) is -2.13. The average Bonchev–Trinajstić information content (AvgIpc) is 3.01. The number of halogens is 3. The fraction of sp³-hybridized carbons (Fsp3) is 0.579. The zero-order valence-electron chi connectivity index (χ0n) is 16.0. The number of rotatable bonds is 3. The summed E-state index contributed by atoms with van der Waals surface area (Å²) >= 11 is 0. The third kappa shape index (κ3) is 4.34. The van der Waals surface area contributed by atoms with Gasteiger partial charge in [-0.25, -0.2) is 0 Å². The Morgan fingerprint density at radius 2 is 2.21 bits per heavy atom. The van der Waals surface area contributed by atoms with Crippen LogP contribution in [-0.4, -0.2) is 50.6 Å². The van der Waals surface area contributed by atoms with Gasteiger partial charge >= 0.3 is 6.18 Å². The van der Waals surface area contributed by atoms with E-state index in [4.69, 9.17) is 4.74 Å². The normalized spacial score (nSPS) is 23.1. The lowest BCUT2D eigenvalue weighted by Crippen LogP contribution is -2.51. The van der Waals surface area contributed by atoms with Gasteiger partial charge in [0.25, 0.3) is 0 Å². The Hall–Kier alpha value is -2.45. The maximum atomic E-state index is 13.4. The highest BCUT2D eigenvalue weighted by atomic mass is 19.4. The first-order valence-electron chi connectivity index (χ1n) is 9.23. The van der Waals surface area contributed by atoms with Crippen LogP contribution in [-0.2, 0) is 17.5 Å². The first-order chi connectivity index (χ1) is 13.3. The molecule has 1 atom stereocenters. The molecule has 2 heterocycles. The molecule has 1 spiro atoms. The monoisotopic (exact) mass is 398 g/mol. The summed E-state index contributed by atoms with van der Waals surface area (Å²) in [5.41, 5.74) is -0.723. The second kappa shape index (κ2) is 7.89. The number of alkyl halides is 3. The van der Waals surface area contributed by atoms with Crippen LogP contribution >= 0.6 is 0 Å². The minimum atomic E-state index is -4.47. The zero-order valence-corrected chi connectivity index (χ0v) is 16.0. The van der Waals surface area contributed by atoms with Crippen LogP contribution in [0.4, 0.5) is 13.2 Å². The van der Waals surface area contributed by atoms with E-state index in [2.05, 4.69) is 15.6 Å². The molecule has 0 bridgehead atoms. The lowest BCUT2D eigenvalue weighted by atomic mass is 9.79. The summed E-state index contributed by atoms with van der Waals surface area (Å²) in [5.74, 6) is 0.761. The molecule has 9 heteroatoms. The first kappa shape index (κ1) is 20.3. The Balaban J connectivity index is 1.72. The smallest absolute Gasteiger partial charge is 0.416 e. The van der Waals surface area contributed by atoms with Gasteiger partial charge in [-0.1, -0.05) is 6.07 Å². The number of carbonyl (C=O) groups is 1. The molecular formula is C19H25F3N4O2. The van der Waals surface area contributed by atoms with Gasteiger partial charge < -0.3 is 20.3 Å². The van der Waals surface area contributed by atoms with E-state index in [9.17, 15) is 18.0 Å². The lowest BCUT2D eigenvalue weighted by molar-refractivity contribution is -0.138. The van der Waals surface area contributed by atoms with E-state index in [0.29, 0.717) is 25.5 Å². The highest BCUT2D eigenvalue weighted by Crippen LogP contribution is 2.36. The molecule has 2 aliphatic heterocycles. The van der Waals surface area contributed by atoms with Gasteiger partial charge in [-0.05, 0) is 30.5 Å². The summed E-state index contributed by atoms with van der Waals surface area (Å²) in [5, 5.41) is 5.94. The average molecular weight is 398 g/mol. The molecule has 6 nitrogen and oxygen atoms in total. The molecule has 2 N–H and O–H groups in total. The molecule has 0 aliphatic carbocycles. The molecule has 28 heavy (non-hydrogen) atoms. The number of nitrogens with one attached hydrogen (secondary N) is 2. The van der Waals surface area contributed by atoms with Gasteiger partial charge in [0, 0.05) is 45.1 Å². The molecule has 1 amide bonds. The van der Waals surface area contributed by atoms with Crippen molar-refractivity contribution in [2.75, 3.05) is 33.8 Å². The molecule has 3 rings (SSSR count). The van der Waals surface area contributed by atoms with Crippen molar-refractivity contribution in [3.63, 3.8) is 0 Å². The summed E-state index contributed by atoms with van der Waals surface area (Å²) in [4.78, 5) is 17.9. The van der Waals surface area contributed by atoms with Crippen molar-refractivity contribution in [3.8, 4) is 5.75 Å². The molecular weight excluding hydrogens is 373 g/mol. The number of amides is 1. The summed E-state index contributed by atoms with van der Waals surface area (Å²) in [6, 6.07) is 3.94. The van der Waals surface area contributed by atoms with Gasteiger partial charge in [-0.2, -0.15) is 13.2 Å². The van der Waals surface area contributed by atoms with Crippen LogP contribution in [0.15, 0.2) is 23.2 Å². The van der Waals surface area contributed by atoms with Crippen molar-refractivity contribution < 1.29 is 22.7 Å². The number of carbonyl (C=O) groups excluding carboxylic acids is 1. The first-order valence-corrected chi connectivity index (χ1v) is 9.23. The second-order valence-corrected chi connectivity index (χ2v) is 7.40. The maximum Gasteiger partial charge on any atom is 0.416 e. The topological polar surface area (TPSA) is 66.0 Å². The number of likely N-dealkylation sites (tertiary alicyclic amines) is 1. The van der Waals surface area contributed by atoms with Crippen molar-refractivity contribution in [1.29, 1.82) is 0 Å². The Labute approximate surface area is 162 Å². The molecule has 1 aromatic carbocycles. The van der Waals surface area contributed by atoms with Crippen LogP contribution < -0.4 is 15.4 Å². The number of hydrogen-bond acceptors (Lipinski definition) is 3. The minimum absolute atomic E-state index is 0.00775. The molecule has 1 unspecified atom stereocenters. The van der Waals surface area contributed by atoms with Crippen LogP contribution in [0.3, 0.4) is 0 Å². The van der Waals surface area contributed by atoms with Crippen molar-refractivity contribution >= 4 is 11.9 Å². The van der Waals surface area contributed by atoms with E-state index in [1.165, 1.54) is 19.2 Å². The molecule has 2 fully saturated rings. The van der Waals surface area contributed by atoms with Gasteiger partial charge in [0.2, 0.25) is 5.91 Å². The Morgan fingerprint density at radius 3 is 2.82 bits per heavy atom. The summed E-state index contributed by atoms with van der Waals surface area (Å²) < 4.78 is 45.1. The molecule has 0 aromatic heterocycles. The van der Waals surface area contributed by atoms with Gasteiger partial charge in [0.15, 0.2) is 5.96 Å². The Bertz CT molecular complexity index is 766. The van der Waals surface area contributed by atoms with E-state index in [1.807, 2.05) is 4.90 Å². The predicted molar refractivity (Wildman–Crippen MR) is 99.1 cm³/mol. The third-order valence-electron chi connectivity index (χ3n) is 5.43. The van der Waals surface area contributed by atoms with Crippen molar-refractivity contribution in [2.24, 2.45) is 10.4 Å². The number of nitrogens with zero attached hydrogens (tertiary/aromatic N) is 2. The molecule has 0 saturated carbocycles. The Kier molecular flexibility index (Phi) is 5.71. The molecule has 1 aromatic rings. The minimum Gasteiger partial charge on any atom is -0.497 e. The fourth-order valence-electron chi connectivity index (χ4n) is 4.04. The van der Waals surface area contributed by atoms with Crippen LogP contribution in [0.5, 0.6) is 5.75 Å². The van der Waals surface area contributed by atoms with Crippen LogP contribution in [0, 0.1) is 5.41 Å². The van der Waals surface area contributed by atoms with Crippen molar-refractivity contribution in [2.45, 2.75) is 32.0 Å². The third-order valence-corrected chi connectivity index (χ3v) is 5.43. The molecule has 2 aliphatic rings. The highest BCUT2D eigenvalue weighted by Gasteiger charge is 2.42. The summed E-state index contributed by atoms with van der Waals surface area (Å²) in [7, 11) is 2.95. The van der Waals surface area contributed by atoms with Gasteiger partial charge in [-0.15, -0.1) is 0 Å². The SMILES string of the molecule is CN=C(NCc1ccc(OC)cc1C(F)(F)F)N1CCCC2(CNC(=O)C2)C1. The summed E-state index contributed by atoms with van der Waals surface area (Å²) in [6.45, 7) is 2.03. The second-order valence-electron chi connectivity index (χ2n) is 7.40. The van der Waals surface area contributed by atoms with Crippen molar-refractivity contribution in [1.82, 2.24) is 15.5 Å². The Morgan fingerprint density at radius 1 is 1.43 bits per heavy atom. The number of hydrogen-bond donors (Lipinski definition) is 2. The predicted octanol–water partition coefficient (Wildman–Crippen LogP) is 2.39. The molecule has 2 saturated heterocycles. The van der Waals surface area contributed by atoms with Crippen LogP contribution in [0.25, 0.3) is 0 Å². The van der Waals surface area contributed by atoms with Crippen molar-refractivity contribution in [3.05, 3.63) is 29.3 Å². The van der Waals surface area contributed by atoms with Crippen LogP contribution in [0.2, 0.25) is 0 Å². The van der Waals surface area contributed by atoms with E-state index in [1.54, 1.807) is 7.05 Å². The van der Waals surface area contributed by atoms with E-state index < -0.39 is 11.7 Å². The van der Waals surface area contributed by atoms with Gasteiger partial charge in [0.1, 0.15) is 5.75 Å². The van der Waals surface area contributed by atoms with E-state index >= 15 is 0 Å². The van der Waals surface area contributed by atoms with E-state index in [-0.39, 0.29) is 29.2 Å². The molecule has 154 valence electrons. The largest absolute Gasteiger partial charge is 0.497 e. The fourth-order valence-corrected chi connectivity index (χ4v) is 4.04. The quantitative estimate of drug-likeness (QED) is 0.606. The highest BCUT2D eigenvalue weighted by molar-refractivity contribution is 5.81. The van der Waals surface area contributed by atoms with Crippen LogP contribution in [0.1, 0.15) is 30.4 Å². The maximum absolute atomic E-state index is 13.4. The van der Waals surface area contributed by atoms with Gasteiger partial charge in [-0.3, -0.25) is 9.79 Å². The lowest BCUT2D eigenvalue weighted by Gasteiger charge is -2.40. The number of ether oxygens (including phenoxy) is 1. The zero-order chi connectivity index (χ0) is 20.4. The number of piperidine rings is 1. The number of aliphatic imine (C=N–C) groups is 1. The van der Waals surface area contributed by atoms with Gasteiger partial charge in [0.05, 0.1) is 12.7 Å². The number of methoxy groups -OCH3 is 1. The molecule has 0 radical (unpaired) electrons. The standard InChI is InChI=1S/C19H25F3N4O2/c1-23-17(26-7-3-6-18(12-26)9-16(27)25-11-18)24-10-13-4-5-14(28-2)8-15(13)19(20,21)22/h4-5,8H,3,6-7,9-12H2,1-2H3,(H,23,24)(H,25,27). The number of benzene rings is 1. The van der Waals surface area contributed by atoms with E-state index in [0.717, 1.165) is 25.5 Å².